The summed E-state index contributed by atoms with van der Waals surface area (Å²) >= 11 is 1.60. The van der Waals surface area contributed by atoms with Gasteiger partial charge in [0.2, 0.25) is 0 Å². The summed E-state index contributed by atoms with van der Waals surface area (Å²) < 4.78 is 0. The van der Waals surface area contributed by atoms with Gasteiger partial charge < -0.3 is 20.4 Å². The molecule has 1 aliphatic carbocycles. The predicted octanol–water partition coefficient (Wildman–Crippen LogP) is 6.30. The second-order valence-corrected chi connectivity index (χ2v) is 11.7. The molecule has 1 saturated carbocycles. The summed E-state index contributed by atoms with van der Waals surface area (Å²) in [5, 5.41) is 27.4. The molecule has 0 bridgehead atoms. The van der Waals surface area contributed by atoms with E-state index in [0.717, 1.165) is 47.5 Å². The molecule has 2 aromatic carbocycles. The molecular formula is C31H39N3O4S. The molecule has 0 radical (unpaired) electrons. The molecule has 0 spiro atoms. The Hall–Kier alpha value is -3.23. The van der Waals surface area contributed by atoms with Crippen LogP contribution in [0, 0.1) is 5.41 Å². The summed E-state index contributed by atoms with van der Waals surface area (Å²) in [6.07, 6.45) is 2.91. The highest BCUT2D eigenvalue weighted by molar-refractivity contribution is 7.09. The number of amides is 2. The lowest BCUT2D eigenvalue weighted by atomic mass is 9.66. The topological polar surface area (TPSA) is 103 Å². The Labute approximate surface area is 234 Å². The molecule has 8 heteroatoms. The van der Waals surface area contributed by atoms with Gasteiger partial charge in [-0.1, -0.05) is 86.8 Å². The van der Waals surface area contributed by atoms with E-state index in [-0.39, 0.29) is 18.0 Å². The zero-order chi connectivity index (χ0) is 27.8. The van der Waals surface area contributed by atoms with Crippen LogP contribution in [0.2, 0.25) is 0 Å². The van der Waals surface area contributed by atoms with Gasteiger partial charge >= 0.3 is 6.09 Å². The monoisotopic (exact) mass is 549 g/mol. The number of nitrogens with zero attached hydrogens (tertiary/aromatic N) is 2. The zero-order valence-electron chi connectivity index (χ0n) is 22.8. The third-order valence-electron chi connectivity index (χ3n) is 7.86. The predicted molar refractivity (Wildman–Crippen MR) is 155 cm³/mol. The van der Waals surface area contributed by atoms with Crippen LogP contribution in [0.4, 0.5) is 4.79 Å². The van der Waals surface area contributed by atoms with E-state index in [9.17, 15) is 19.8 Å². The van der Waals surface area contributed by atoms with Crippen molar-refractivity contribution in [3.8, 4) is 11.3 Å². The summed E-state index contributed by atoms with van der Waals surface area (Å²) in [6.45, 7) is 4.15. The van der Waals surface area contributed by atoms with Crippen LogP contribution in [-0.4, -0.2) is 50.8 Å². The SMILES string of the molecule is CCCC[C@@H](C(O)C(=O)NC(C)c1ccccc1)N(CC1(Cc2nc(-c3ccccc3)cs2)CCC1)C(=O)O. The first-order valence-electron chi connectivity index (χ1n) is 13.8. The van der Waals surface area contributed by atoms with Crippen molar-refractivity contribution >= 4 is 23.3 Å². The molecule has 3 N–H and O–H groups in total. The first-order chi connectivity index (χ1) is 18.8. The molecule has 1 aromatic heterocycles. The molecule has 1 fully saturated rings. The van der Waals surface area contributed by atoms with Crippen LogP contribution in [0.5, 0.6) is 0 Å². The number of hydrogen-bond donors (Lipinski definition) is 3. The van der Waals surface area contributed by atoms with Crippen molar-refractivity contribution in [2.75, 3.05) is 6.54 Å². The van der Waals surface area contributed by atoms with Crippen LogP contribution < -0.4 is 5.32 Å². The fraction of sp³-hybridized carbons (Fsp3) is 0.452. The van der Waals surface area contributed by atoms with Gasteiger partial charge in [0.15, 0.2) is 6.10 Å². The fourth-order valence-electron chi connectivity index (χ4n) is 5.41. The first kappa shape index (κ1) is 28.8. The molecule has 3 atom stereocenters. The maximum Gasteiger partial charge on any atom is 0.407 e. The van der Waals surface area contributed by atoms with E-state index >= 15 is 0 Å². The Bertz CT molecular complexity index is 1210. The standard InChI is InChI=1S/C31H39N3O4S/c1-3-4-16-26(28(35)29(36)32-22(2)23-12-7-5-8-13-23)34(30(37)38)21-31(17-11-18-31)19-27-33-25(20-39-27)24-14-9-6-10-15-24/h5-10,12-15,20,22,26,28,35H,3-4,11,16-19,21H2,1-2H3,(H,32,36)(H,37,38)/t22?,26-,28?/m0/s1. The smallest absolute Gasteiger partial charge is 0.407 e. The van der Waals surface area contributed by atoms with Crippen molar-refractivity contribution in [3.63, 3.8) is 0 Å². The van der Waals surface area contributed by atoms with Gasteiger partial charge in [0.1, 0.15) is 0 Å². The van der Waals surface area contributed by atoms with Crippen LogP contribution in [0.3, 0.4) is 0 Å². The van der Waals surface area contributed by atoms with Gasteiger partial charge in [-0.15, -0.1) is 11.3 Å². The van der Waals surface area contributed by atoms with E-state index in [1.54, 1.807) is 11.3 Å². The number of aliphatic hydroxyl groups is 1. The molecule has 7 nitrogen and oxygen atoms in total. The zero-order valence-corrected chi connectivity index (χ0v) is 23.6. The highest BCUT2D eigenvalue weighted by atomic mass is 32.1. The van der Waals surface area contributed by atoms with E-state index in [1.807, 2.05) is 74.5 Å². The van der Waals surface area contributed by atoms with E-state index in [0.29, 0.717) is 19.3 Å². The maximum absolute atomic E-state index is 13.1. The molecular weight excluding hydrogens is 510 g/mol. The second-order valence-electron chi connectivity index (χ2n) is 10.7. The molecule has 0 aliphatic heterocycles. The second kappa shape index (κ2) is 13.2. The number of thiazole rings is 1. The Morgan fingerprint density at radius 2 is 1.77 bits per heavy atom. The van der Waals surface area contributed by atoms with Gasteiger partial charge in [-0.05, 0) is 37.2 Å². The Morgan fingerprint density at radius 3 is 2.36 bits per heavy atom. The molecule has 2 unspecified atom stereocenters. The largest absolute Gasteiger partial charge is 0.465 e. The van der Waals surface area contributed by atoms with Crippen molar-refractivity contribution in [3.05, 3.63) is 76.6 Å². The molecule has 39 heavy (non-hydrogen) atoms. The number of aromatic nitrogens is 1. The average molecular weight is 550 g/mol. The van der Waals surface area contributed by atoms with Crippen molar-refractivity contribution in [2.45, 2.75) is 77.0 Å². The van der Waals surface area contributed by atoms with Crippen molar-refractivity contribution in [1.29, 1.82) is 0 Å². The number of benzene rings is 2. The third-order valence-corrected chi connectivity index (χ3v) is 8.71. The van der Waals surface area contributed by atoms with Crippen LogP contribution in [0.1, 0.15) is 69.0 Å². The molecule has 4 rings (SSSR count). The Morgan fingerprint density at radius 1 is 1.10 bits per heavy atom. The number of unbranched alkanes of at least 4 members (excludes halogenated alkanes) is 1. The number of hydrogen-bond acceptors (Lipinski definition) is 5. The van der Waals surface area contributed by atoms with Crippen molar-refractivity contribution < 1.29 is 19.8 Å². The number of carboxylic acid groups (broad SMARTS) is 1. The van der Waals surface area contributed by atoms with E-state index in [2.05, 4.69) is 10.7 Å². The highest BCUT2D eigenvalue weighted by Gasteiger charge is 2.44. The third kappa shape index (κ3) is 7.25. The quantitative estimate of drug-likeness (QED) is 0.232. The summed E-state index contributed by atoms with van der Waals surface area (Å²) in [6, 6.07) is 18.4. The highest BCUT2D eigenvalue weighted by Crippen LogP contribution is 2.45. The number of nitrogens with one attached hydrogen (secondary N) is 1. The van der Waals surface area contributed by atoms with Crippen LogP contribution >= 0.6 is 11.3 Å². The number of aliphatic hydroxyl groups excluding tert-OH is 1. The number of carbonyl (C=O) groups is 2. The van der Waals surface area contributed by atoms with Gasteiger partial charge in [-0.2, -0.15) is 0 Å². The lowest BCUT2D eigenvalue weighted by Gasteiger charge is -2.46. The fourth-order valence-corrected chi connectivity index (χ4v) is 6.38. The Balaban J connectivity index is 1.50. The van der Waals surface area contributed by atoms with E-state index in [4.69, 9.17) is 4.98 Å². The van der Waals surface area contributed by atoms with Gasteiger partial charge in [0.25, 0.3) is 5.91 Å². The lowest BCUT2D eigenvalue weighted by molar-refractivity contribution is -0.134. The van der Waals surface area contributed by atoms with Crippen LogP contribution in [-0.2, 0) is 11.2 Å². The average Bonchev–Trinajstić information content (AvgIpc) is 3.40. The minimum atomic E-state index is -1.46. The van der Waals surface area contributed by atoms with Gasteiger partial charge in [-0.25, -0.2) is 9.78 Å². The molecule has 208 valence electrons. The van der Waals surface area contributed by atoms with Gasteiger partial charge in [0.05, 0.1) is 22.8 Å². The minimum Gasteiger partial charge on any atom is -0.465 e. The van der Waals surface area contributed by atoms with Crippen LogP contribution in [0.25, 0.3) is 11.3 Å². The van der Waals surface area contributed by atoms with Crippen molar-refractivity contribution in [2.24, 2.45) is 5.41 Å². The summed E-state index contributed by atoms with van der Waals surface area (Å²) in [5.74, 6) is -0.547. The first-order valence-corrected chi connectivity index (χ1v) is 14.7. The molecule has 2 amide bonds. The van der Waals surface area contributed by atoms with Gasteiger partial charge in [-0.3, -0.25) is 4.79 Å². The summed E-state index contributed by atoms with van der Waals surface area (Å²) in [5.41, 5.74) is 2.67. The number of carbonyl (C=O) groups excluding carboxylic acids is 1. The minimum absolute atomic E-state index is 0.248. The van der Waals surface area contributed by atoms with Crippen LogP contribution in [0.15, 0.2) is 66.0 Å². The Kier molecular flexibility index (Phi) is 9.75. The molecule has 3 aromatic rings. The lowest BCUT2D eigenvalue weighted by Crippen LogP contribution is -2.56. The van der Waals surface area contributed by atoms with Crippen molar-refractivity contribution in [1.82, 2.24) is 15.2 Å². The molecule has 0 saturated heterocycles. The van der Waals surface area contributed by atoms with E-state index < -0.39 is 24.1 Å². The molecule has 1 aliphatic rings. The maximum atomic E-state index is 13.1. The molecule has 1 heterocycles. The van der Waals surface area contributed by atoms with Gasteiger partial charge in [0, 0.05) is 23.9 Å². The number of rotatable bonds is 13. The van der Waals surface area contributed by atoms with E-state index in [1.165, 1.54) is 4.90 Å². The summed E-state index contributed by atoms with van der Waals surface area (Å²) in [4.78, 5) is 31.9. The summed E-state index contributed by atoms with van der Waals surface area (Å²) in [7, 11) is 0. The normalized spacial score (nSPS) is 16.5.